The lowest BCUT2D eigenvalue weighted by atomic mass is 9.80. The van der Waals surface area contributed by atoms with Gasteiger partial charge in [0.25, 0.3) is 5.91 Å². The van der Waals surface area contributed by atoms with Gasteiger partial charge in [-0.15, -0.1) is 24.8 Å². The highest BCUT2D eigenvalue weighted by atomic mass is 35.5. The van der Waals surface area contributed by atoms with Gasteiger partial charge in [-0.1, -0.05) is 6.07 Å². The third kappa shape index (κ3) is 5.92. The summed E-state index contributed by atoms with van der Waals surface area (Å²) in [4.78, 5) is 48.4. The average Bonchev–Trinajstić information content (AvgIpc) is 3.46. The Morgan fingerprint density at radius 1 is 1.11 bits per heavy atom. The number of hydrogen-bond acceptors (Lipinski definition) is 5. The molecule has 3 aromatic rings. The van der Waals surface area contributed by atoms with Crippen LogP contribution in [0.3, 0.4) is 0 Å². The van der Waals surface area contributed by atoms with Gasteiger partial charge < -0.3 is 15.5 Å². The molecule has 1 unspecified atom stereocenters. The van der Waals surface area contributed by atoms with Crippen LogP contribution in [0, 0.1) is 17.5 Å². The molecular weight excluding hydrogens is 651 g/mol. The number of aromatic nitrogens is 2. The fourth-order valence-electron chi connectivity index (χ4n) is 6.42. The maximum absolute atomic E-state index is 14.7. The van der Waals surface area contributed by atoms with Crippen LogP contribution in [0.25, 0.3) is 0 Å². The Labute approximate surface area is 264 Å². The number of fused-ring (bicyclic) bond motifs is 3. The highest BCUT2D eigenvalue weighted by molar-refractivity contribution is 6.06. The number of nitrogens with one attached hydrogen (secondary N) is 2. The number of nitrogens with zero attached hydrogens (tertiary/aromatic N) is 3. The molecule has 1 aliphatic carbocycles. The zero-order chi connectivity index (χ0) is 30.8. The molecular formula is C29H25Cl2F6N5O3. The highest BCUT2D eigenvalue weighted by Crippen LogP contribution is 2.46. The van der Waals surface area contributed by atoms with Crippen molar-refractivity contribution in [2.75, 3.05) is 11.9 Å². The standard InChI is InChI=1S/C29H23F6N5O3.2ClH/c1-13-17(18-6-16(30)7-20(31)23(18)32)8-21(26(42)40(13)12-29(33,34)35)38-25(41)15-5-14-9-28(10-22(14)37-11-15)19-3-2-4-36-24(19)39-27(28)43;;/h2-7,11,13,17,21H,8-10,12H2,1H3,(H,38,41)(H,36,39,43);2*1H/t13-,17-,21+,28?;;/m1../s1. The molecule has 16 heteroatoms. The van der Waals surface area contributed by atoms with E-state index in [1.165, 1.54) is 19.2 Å². The Morgan fingerprint density at radius 3 is 2.56 bits per heavy atom. The molecule has 1 aromatic carbocycles. The molecule has 8 nitrogen and oxygen atoms in total. The molecule has 3 aliphatic rings. The first-order valence-electron chi connectivity index (χ1n) is 13.3. The summed E-state index contributed by atoms with van der Waals surface area (Å²) < 4.78 is 83.1. The van der Waals surface area contributed by atoms with E-state index in [4.69, 9.17) is 0 Å². The maximum Gasteiger partial charge on any atom is 0.406 e. The smallest absolute Gasteiger partial charge is 0.340 e. The Balaban J connectivity index is 0.00000230. The van der Waals surface area contributed by atoms with Crippen LogP contribution in [-0.4, -0.2) is 57.4 Å². The second-order valence-electron chi connectivity index (χ2n) is 11.1. The predicted octanol–water partition coefficient (Wildman–Crippen LogP) is 4.79. The van der Waals surface area contributed by atoms with E-state index < -0.39 is 77.4 Å². The number of amides is 3. The summed E-state index contributed by atoms with van der Waals surface area (Å²) in [6.07, 6.45) is -2.00. The minimum Gasteiger partial charge on any atom is -0.340 e. The second-order valence-corrected chi connectivity index (χ2v) is 11.1. The van der Waals surface area contributed by atoms with Crippen LogP contribution < -0.4 is 10.6 Å². The van der Waals surface area contributed by atoms with Crippen molar-refractivity contribution in [3.63, 3.8) is 0 Å². The molecule has 4 atom stereocenters. The molecule has 0 radical (unpaired) electrons. The van der Waals surface area contributed by atoms with Crippen molar-refractivity contribution in [2.24, 2.45) is 0 Å². The number of alkyl halides is 3. The fourth-order valence-corrected chi connectivity index (χ4v) is 6.42. The molecule has 1 fully saturated rings. The van der Waals surface area contributed by atoms with Crippen molar-refractivity contribution < 1.29 is 40.7 Å². The van der Waals surface area contributed by atoms with Crippen LogP contribution >= 0.6 is 24.8 Å². The number of anilines is 1. The lowest BCUT2D eigenvalue weighted by molar-refractivity contribution is -0.170. The molecule has 2 aromatic heterocycles. The van der Waals surface area contributed by atoms with E-state index in [-0.39, 0.29) is 49.1 Å². The summed E-state index contributed by atoms with van der Waals surface area (Å²) in [5.41, 5.74) is 0.344. The number of benzene rings is 1. The van der Waals surface area contributed by atoms with Crippen molar-refractivity contribution >= 4 is 48.4 Å². The van der Waals surface area contributed by atoms with E-state index in [1.807, 2.05) is 0 Å². The molecule has 0 bridgehead atoms. The topological polar surface area (TPSA) is 104 Å². The van der Waals surface area contributed by atoms with Gasteiger partial charge >= 0.3 is 6.18 Å². The van der Waals surface area contributed by atoms with Gasteiger partial charge in [-0.25, -0.2) is 18.2 Å². The Bertz CT molecular complexity index is 1690. The van der Waals surface area contributed by atoms with Gasteiger partial charge in [0.2, 0.25) is 11.8 Å². The molecule has 3 amide bonds. The van der Waals surface area contributed by atoms with Crippen molar-refractivity contribution in [1.29, 1.82) is 0 Å². The highest BCUT2D eigenvalue weighted by Gasteiger charge is 2.52. The van der Waals surface area contributed by atoms with Gasteiger partial charge in [0, 0.05) is 48.1 Å². The van der Waals surface area contributed by atoms with E-state index in [2.05, 4.69) is 20.6 Å². The monoisotopic (exact) mass is 675 g/mol. The lowest BCUT2D eigenvalue weighted by Gasteiger charge is -2.43. The summed E-state index contributed by atoms with van der Waals surface area (Å²) in [5.74, 6) is -7.14. The molecule has 2 N–H and O–H groups in total. The number of rotatable bonds is 4. The number of carbonyl (C=O) groups is 3. The Kier molecular flexibility index (Phi) is 9.15. The summed E-state index contributed by atoms with van der Waals surface area (Å²) in [5, 5.41) is 5.17. The van der Waals surface area contributed by atoms with Crippen LogP contribution in [0.1, 0.15) is 52.0 Å². The molecule has 1 spiro atoms. The zero-order valence-corrected chi connectivity index (χ0v) is 24.9. The molecule has 45 heavy (non-hydrogen) atoms. The Morgan fingerprint density at radius 2 is 1.84 bits per heavy atom. The van der Waals surface area contributed by atoms with Crippen LogP contribution in [0.15, 0.2) is 42.7 Å². The number of carbonyl (C=O) groups excluding carboxylic acids is 3. The number of pyridine rings is 2. The van der Waals surface area contributed by atoms with E-state index in [0.29, 0.717) is 39.7 Å². The first-order valence-corrected chi connectivity index (χ1v) is 13.3. The summed E-state index contributed by atoms with van der Waals surface area (Å²) in [6.45, 7) is -0.488. The molecule has 2 aliphatic heterocycles. The minimum atomic E-state index is -4.84. The summed E-state index contributed by atoms with van der Waals surface area (Å²) >= 11 is 0. The number of likely N-dealkylation sites (tertiary alicyclic amines) is 1. The second kappa shape index (κ2) is 12.1. The van der Waals surface area contributed by atoms with Crippen molar-refractivity contribution in [3.8, 4) is 0 Å². The normalized spacial score (nSPS) is 23.5. The predicted molar refractivity (Wildman–Crippen MR) is 153 cm³/mol. The molecule has 1 saturated heterocycles. The molecule has 0 saturated carbocycles. The number of halogens is 8. The van der Waals surface area contributed by atoms with Gasteiger partial charge in [-0.2, -0.15) is 13.2 Å². The van der Waals surface area contributed by atoms with Crippen molar-refractivity contribution in [3.05, 3.63) is 88.1 Å². The van der Waals surface area contributed by atoms with E-state index in [1.54, 1.807) is 18.3 Å². The number of hydrogen-bond donors (Lipinski definition) is 2. The van der Waals surface area contributed by atoms with Crippen molar-refractivity contribution in [1.82, 2.24) is 20.2 Å². The SMILES string of the molecule is C[C@@H]1[C@H](c2cc(F)cc(F)c2F)C[C@H](NC(=O)c2cnc3c(c2)CC2(C3)C(=O)Nc3ncccc32)C(=O)N1CC(F)(F)F.Cl.Cl. The van der Waals surface area contributed by atoms with E-state index in [9.17, 15) is 40.7 Å². The summed E-state index contributed by atoms with van der Waals surface area (Å²) in [7, 11) is 0. The largest absolute Gasteiger partial charge is 0.406 e. The van der Waals surface area contributed by atoms with E-state index in [0.717, 1.165) is 0 Å². The quantitative estimate of drug-likeness (QED) is 0.306. The summed E-state index contributed by atoms with van der Waals surface area (Å²) in [6, 6.07) is 3.10. The van der Waals surface area contributed by atoms with Crippen LogP contribution in [0.4, 0.5) is 32.2 Å². The first-order chi connectivity index (χ1) is 20.3. The van der Waals surface area contributed by atoms with Gasteiger partial charge in [0.05, 0.1) is 11.0 Å². The van der Waals surface area contributed by atoms with Gasteiger partial charge in [-0.05, 0) is 49.1 Å². The van der Waals surface area contributed by atoms with E-state index >= 15 is 0 Å². The zero-order valence-electron chi connectivity index (χ0n) is 23.3. The van der Waals surface area contributed by atoms with Gasteiger partial charge in [-0.3, -0.25) is 19.4 Å². The third-order valence-corrected chi connectivity index (χ3v) is 8.49. The van der Waals surface area contributed by atoms with Crippen LogP contribution in [-0.2, 0) is 27.8 Å². The molecule has 6 rings (SSSR count). The molecule has 240 valence electrons. The van der Waals surface area contributed by atoms with Crippen LogP contribution in [0.5, 0.6) is 0 Å². The third-order valence-electron chi connectivity index (χ3n) is 8.49. The minimum absolute atomic E-state index is 0. The lowest BCUT2D eigenvalue weighted by Crippen LogP contribution is -2.59. The Hall–Kier alpha value is -3.91. The van der Waals surface area contributed by atoms with Crippen molar-refractivity contribution in [2.45, 2.75) is 55.8 Å². The van der Waals surface area contributed by atoms with Crippen LogP contribution in [0.2, 0.25) is 0 Å². The molecule has 4 heterocycles. The average molecular weight is 676 g/mol. The van der Waals surface area contributed by atoms with Gasteiger partial charge in [0.15, 0.2) is 11.6 Å². The number of piperidine rings is 1. The van der Waals surface area contributed by atoms with Gasteiger partial charge in [0.1, 0.15) is 24.2 Å². The maximum atomic E-state index is 14.7. The fraction of sp³-hybridized carbons (Fsp3) is 0.345. The first kappa shape index (κ1) is 34.0.